The molecule has 0 aromatic rings. The van der Waals surface area contributed by atoms with Crippen LogP contribution in [0, 0.1) is 5.92 Å². The van der Waals surface area contributed by atoms with E-state index in [4.69, 9.17) is 0 Å². The Labute approximate surface area is 102 Å². The molecule has 1 amide bonds. The molecule has 1 fully saturated rings. The number of ether oxygens (including phenoxy) is 1. The van der Waals surface area contributed by atoms with E-state index in [9.17, 15) is 9.59 Å². The first-order valence-electron chi connectivity index (χ1n) is 6.18. The molecule has 1 saturated heterocycles. The van der Waals surface area contributed by atoms with E-state index in [1.807, 2.05) is 6.92 Å². The lowest BCUT2D eigenvalue weighted by atomic mass is 9.94. The van der Waals surface area contributed by atoms with Crippen molar-refractivity contribution in [3.05, 3.63) is 0 Å². The third-order valence-electron chi connectivity index (χ3n) is 3.04. The van der Waals surface area contributed by atoms with Crippen LogP contribution in [0.15, 0.2) is 0 Å². The van der Waals surface area contributed by atoms with E-state index in [2.05, 4.69) is 15.4 Å². The van der Waals surface area contributed by atoms with Crippen molar-refractivity contribution in [2.75, 3.05) is 20.2 Å². The second-order valence-corrected chi connectivity index (χ2v) is 4.65. The molecule has 0 aliphatic carbocycles. The summed E-state index contributed by atoms with van der Waals surface area (Å²) in [5.41, 5.74) is 0. The smallest absolute Gasteiger partial charge is 0.307 e. The molecule has 0 aromatic carbocycles. The van der Waals surface area contributed by atoms with Crippen LogP contribution in [-0.4, -0.2) is 38.1 Å². The number of methoxy groups -OCH3 is 1. The lowest BCUT2D eigenvalue weighted by Crippen LogP contribution is -2.37. The van der Waals surface area contributed by atoms with Crippen LogP contribution in [0.2, 0.25) is 0 Å². The van der Waals surface area contributed by atoms with Gasteiger partial charge in [0, 0.05) is 12.5 Å². The molecule has 1 atom stereocenters. The van der Waals surface area contributed by atoms with Crippen LogP contribution >= 0.6 is 0 Å². The van der Waals surface area contributed by atoms with Gasteiger partial charge in [0.25, 0.3) is 0 Å². The van der Waals surface area contributed by atoms with Crippen LogP contribution < -0.4 is 10.6 Å². The minimum absolute atomic E-state index is 0.0355. The second-order valence-electron chi connectivity index (χ2n) is 4.65. The molecule has 0 radical (unpaired) electrons. The fraction of sp³-hybridized carbons (Fsp3) is 0.833. The maximum absolute atomic E-state index is 11.7. The number of piperidine rings is 1. The Hall–Kier alpha value is -1.10. The predicted octanol–water partition coefficient (Wildman–Crippen LogP) is 0.444. The standard InChI is InChI=1S/C12H22N2O3/c1-9(7-12(16)17-2)14-11(15)8-10-3-5-13-6-4-10/h9-10,13H,3-8H2,1-2H3,(H,14,15). The molecular weight excluding hydrogens is 220 g/mol. The molecule has 1 heterocycles. The molecular formula is C12H22N2O3. The quantitative estimate of drug-likeness (QED) is 0.687. The van der Waals surface area contributed by atoms with E-state index in [0.717, 1.165) is 25.9 Å². The van der Waals surface area contributed by atoms with Gasteiger partial charge in [0.2, 0.25) is 5.91 Å². The molecule has 2 N–H and O–H groups in total. The van der Waals surface area contributed by atoms with Crippen LogP contribution in [0.4, 0.5) is 0 Å². The van der Waals surface area contributed by atoms with Crippen molar-refractivity contribution in [1.82, 2.24) is 10.6 Å². The van der Waals surface area contributed by atoms with Crippen molar-refractivity contribution < 1.29 is 14.3 Å². The number of hydrogen-bond acceptors (Lipinski definition) is 4. The SMILES string of the molecule is COC(=O)CC(C)NC(=O)CC1CCNCC1. The molecule has 1 unspecified atom stereocenters. The van der Waals surface area contributed by atoms with Gasteiger partial charge in [-0.2, -0.15) is 0 Å². The zero-order valence-electron chi connectivity index (χ0n) is 10.6. The zero-order valence-corrected chi connectivity index (χ0v) is 10.6. The molecule has 0 aromatic heterocycles. The Kier molecular flexibility index (Phi) is 5.97. The molecule has 5 nitrogen and oxygen atoms in total. The molecule has 5 heteroatoms. The maximum Gasteiger partial charge on any atom is 0.307 e. The van der Waals surface area contributed by atoms with Gasteiger partial charge in [0.15, 0.2) is 0 Å². The average molecular weight is 242 g/mol. The van der Waals surface area contributed by atoms with Crippen molar-refractivity contribution in [1.29, 1.82) is 0 Å². The van der Waals surface area contributed by atoms with Crippen molar-refractivity contribution in [2.45, 2.75) is 38.6 Å². The highest BCUT2D eigenvalue weighted by Gasteiger charge is 2.18. The van der Waals surface area contributed by atoms with Gasteiger partial charge in [-0.1, -0.05) is 0 Å². The van der Waals surface area contributed by atoms with Gasteiger partial charge in [-0.15, -0.1) is 0 Å². The Balaban J connectivity index is 2.21. The van der Waals surface area contributed by atoms with E-state index in [1.54, 1.807) is 0 Å². The van der Waals surface area contributed by atoms with E-state index >= 15 is 0 Å². The van der Waals surface area contributed by atoms with Crippen molar-refractivity contribution >= 4 is 11.9 Å². The highest BCUT2D eigenvalue weighted by Crippen LogP contribution is 2.15. The van der Waals surface area contributed by atoms with Crippen molar-refractivity contribution in [3.8, 4) is 0 Å². The first kappa shape index (κ1) is 14.0. The lowest BCUT2D eigenvalue weighted by molar-refractivity contribution is -0.141. The monoisotopic (exact) mass is 242 g/mol. The molecule has 0 spiro atoms. The van der Waals surface area contributed by atoms with E-state index in [-0.39, 0.29) is 24.3 Å². The summed E-state index contributed by atoms with van der Waals surface area (Å²) in [5.74, 6) is 0.217. The summed E-state index contributed by atoms with van der Waals surface area (Å²) in [7, 11) is 1.35. The van der Waals surface area contributed by atoms with Gasteiger partial charge >= 0.3 is 5.97 Å². The van der Waals surface area contributed by atoms with Gasteiger partial charge in [-0.25, -0.2) is 0 Å². The number of rotatable bonds is 5. The summed E-state index contributed by atoms with van der Waals surface area (Å²) in [6, 6.07) is -0.156. The topological polar surface area (TPSA) is 67.4 Å². The van der Waals surface area contributed by atoms with Crippen LogP contribution in [0.1, 0.15) is 32.6 Å². The Morgan fingerprint density at radius 1 is 1.41 bits per heavy atom. The first-order chi connectivity index (χ1) is 8.11. The van der Waals surface area contributed by atoms with Gasteiger partial charge in [-0.05, 0) is 38.8 Å². The fourth-order valence-electron chi connectivity index (χ4n) is 2.07. The van der Waals surface area contributed by atoms with Crippen LogP contribution in [0.5, 0.6) is 0 Å². The molecule has 0 saturated carbocycles. The number of nitrogens with one attached hydrogen (secondary N) is 2. The fourth-order valence-corrected chi connectivity index (χ4v) is 2.07. The number of carbonyl (C=O) groups excluding carboxylic acids is 2. The van der Waals surface area contributed by atoms with Crippen LogP contribution in [0.3, 0.4) is 0 Å². The summed E-state index contributed by atoms with van der Waals surface area (Å²) in [5, 5.41) is 6.10. The number of esters is 1. The molecule has 17 heavy (non-hydrogen) atoms. The number of amides is 1. The average Bonchev–Trinajstić information content (AvgIpc) is 2.29. The van der Waals surface area contributed by atoms with Gasteiger partial charge in [0.1, 0.15) is 0 Å². The van der Waals surface area contributed by atoms with Gasteiger partial charge in [-0.3, -0.25) is 9.59 Å². The highest BCUT2D eigenvalue weighted by molar-refractivity contribution is 5.77. The largest absolute Gasteiger partial charge is 0.469 e. The summed E-state index contributed by atoms with van der Waals surface area (Å²) in [6.45, 7) is 3.81. The van der Waals surface area contributed by atoms with E-state index in [1.165, 1.54) is 7.11 Å². The van der Waals surface area contributed by atoms with Gasteiger partial charge < -0.3 is 15.4 Å². The lowest BCUT2D eigenvalue weighted by Gasteiger charge is -2.22. The summed E-state index contributed by atoms with van der Waals surface area (Å²) in [6.07, 6.45) is 2.90. The van der Waals surface area contributed by atoms with Gasteiger partial charge in [0.05, 0.1) is 13.5 Å². The normalized spacial score (nSPS) is 18.5. The molecule has 1 aliphatic heterocycles. The third-order valence-corrected chi connectivity index (χ3v) is 3.04. The highest BCUT2D eigenvalue weighted by atomic mass is 16.5. The third kappa shape index (κ3) is 5.68. The van der Waals surface area contributed by atoms with Crippen LogP contribution in [-0.2, 0) is 14.3 Å². The summed E-state index contributed by atoms with van der Waals surface area (Å²) in [4.78, 5) is 22.7. The van der Waals surface area contributed by atoms with Crippen molar-refractivity contribution in [2.24, 2.45) is 5.92 Å². The van der Waals surface area contributed by atoms with E-state index in [0.29, 0.717) is 12.3 Å². The predicted molar refractivity (Wildman–Crippen MR) is 64.4 cm³/mol. The maximum atomic E-state index is 11.7. The number of hydrogen-bond donors (Lipinski definition) is 2. The minimum atomic E-state index is -0.292. The molecule has 1 aliphatic rings. The summed E-state index contributed by atoms with van der Waals surface area (Å²) < 4.78 is 4.55. The number of carbonyl (C=O) groups is 2. The second kappa shape index (κ2) is 7.27. The zero-order chi connectivity index (χ0) is 12.7. The molecule has 98 valence electrons. The minimum Gasteiger partial charge on any atom is -0.469 e. The Bertz CT molecular complexity index is 262. The first-order valence-corrected chi connectivity index (χ1v) is 6.18. The molecule has 0 bridgehead atoms. The Morgan fingerprint density at radius 3 is 2.65 bits per heavy atom. The summed E-state index contributed by atoms with van der Waals surface area (Å²) >= 11 is 0. The van der Waals surface area contributed by atoms with Crippen LogP contribution in [0.25, 0.3) is 0 Å². The Morgan fingerprint density at radius 2 is 2.06 bits per heavy atom. The van der Waals surface area contributed by atoms with Crippen molar-refractivity contribution in [3.63, 3.8) is 0 Å². The molecule has 1 rings (SSSR count). The van der Waals surface area contributed by atoms with E-state index < -0.39 is 0 Å².